The second-order valence-electron chi connectivity index (χ2n) is 6.15. The molecular weight excluding hydrogens is 328 g/mol. The van der Waals surface area contributed by atoms with Crippen molar-refractivity contribution in [1.29, 1.82) is 0 Å². The maximum atomic E-state index is 6.15. The normalized spacial score (nSPS) is 12.8. The Morgan fingerprint density at radius 1 is 1.22 bits per heavy atom. The van der Waals surface area contributed by atoms with Crippen molar-refractivity contribution in [1.82, 2.24) is 10.2 Å². The van der Waals surface area contributed by atoms with Crippen molar-refractivity contribution in [3.8, 4) is 5.75 Å². The summed E-state index contributed by atoms with van der Waals surface area (Å²) in [4.78, 5) is 0.322. The quantitative estimate of drug-likeness (QED) is 0.662. The number of hydrogen-bond acceptors (Lipinski definition) is 5. The summed E-state index contributed by atoms with van der Waals surface area (Å²) in [6.07, 6.45) is 0.145. The Bertz CT molecular complexity index is 647. The van der Waals surface area contributed by atoms with E-state index in [1.165, 1.54) is 5.56 Å². The van der Waals surface area contributed by atoms with Gasteiger partial charge in [0.05, 0.1) is 5.75 Å². The van der Waals surface area contributed by atoms with E-state index in [0.29, 0.717) is 28.3 Å². The first-order chi connectivity index (χ1) is 11.0. The number of benzene rings is 1. The van der Waals surface area contributed by atoms with Gasteiger partial charge in [-0.2, -0.15) is 0 Å². The van der Waals surface area contributed by atoms with Crippen LogP contribution in [0.25, 0.3) is 0 Å². The molecule has 2 rings (SSSR count). The molecular formula is C17H24N2O2S2. The van der Waals surface area contributed by atoms with Crippen LogP contribution in [-0.4, -0.2) is 22.1 Å². The molecule has 1 aromatic carbocycles. The van der Waals surface area contributed by atoms with Crippen LogP contribution < -0.4 is 4.74 Å². The minimum Gasteiger partial charge on any atom is -0.489 e. The summed E-state index contributed by atoms with van der Waals surface area (Å²) >= 11 is 6.61. The van der Waals surface area contributed by atoms with Crippen molar-refractivity contribution in [2.45, 2.75) is 45.5 Å². The van der Waals surface area contributed by atoms with Crippen LogP contribution in [0.3, 0.4) is 0 Å². The van der Waals surface area contributed by atoms with E-state index in [-0.39, 0.29) is 6.10 Å². The van der Waals surface area contributed by atoms with Crippen LogP contribution in [0.1, 0.15) is 45.1 Å². The third-order valence-electron chi connectivity index (χ3n) is 3.57. The monoisotopic (exact) mass is 352 g/mol. The van der Waals surface area contributed by atoms with Crippen molar-refractivity contribution in [2.24, 2.45) is 5.92 Å². The molecule has 1 atom stereocenters. The van der Waals surface area contributed by atoms with Gasteiger partial charge in [0.15, 0.2) is 0 Å². The zero-order valence-electron chi connectivity index (χ0n) is 14.0. The lowest BCUT2D eigenvalue weighted by Crippen LogP contribution is -2.26. The molecule has 0 amide bonds. The van der Waals surface area contributed by atoms with E-state index < -0.39 is 0 Å². The summed E-state index contributed by atoms with van der Waals surface area (Å²) in [7, 11) is 0. The number of aromatic amines is 1. The fourth-order valence-corrected chi connectivity index (χ4v) is 3.30. The van der Waals surface area contributed by atoms with Gasteiger partial charge in [0.2, 0.25) is 5.89 Å². The first-order valence-corrected chi connectivity index (χ1v) is 9.40. The molecule has 1 aromatic heterocycles. The smallest absolute Gasteiger partial charge is 0.284 e. The molecule has 0 radical (unpaired) electrons. The summed E-state index contributed by atoms with van der Waals surface area (Å²) in [5.41, 5.74) is 1.33. The van der Waals surface area contributed by atoms with Crippen LogP contribution in [0.15, 0.2) is 28.7 Å². The number of ether oxygens (including phenoxy) is 1. The highest BCUT2D eigenvalue weighted by molar-refractivity contribution is 7.98. The van der Waals surface area contributed by atoms with Gasteiger partial charge in [-0.1, -0.05) is 39.8 Å². The van der Waals surface area contributed by atoms with E-state index in [1.807, 2.05) is 0 Å². The Hall–Kier alpha value is -1.27. The SMILES string of the molecule is CC(C)c1ccc(OC(CSCc2n[nH]c(=S)o2)C(C)C)cc1. The van der Waals surface area contributed by atoms with Crippen LogP contribution in [0.4, 0.5) is 0 Å². The van der Waals surface area contributed by atoms with E-state index in [9.17, 15) is 0 Å². The average molecular weight is 353 g/mol. The predicted molar refractivity (Wildman–Crippen MR) is 97.6 cm³/mol. The highest BCUT2D eigenvalue weighted by atomic mass is 32.2. The van der Waals surface area contributed by atoms with Crippen molar-refractivity contribution in [3.63, 3.8) is 0 Å². The summed E-state index contributed by atoms with van der Waals surface area (Å²) in [6, 6.07) is 8.39. The minimum absolute atomic E-state index is 0.145. The summed E-state index contributed by atoms with van der Waals surface area (Å²) in [6.45, 7) is 8.73. The maximum absolute atomic E-state index is 6.15. The molecule has 1 unspecified atom stereocenters. The lowest BCUT2D eigenvalue weighted by Gasteiger charge is -2.22. The van der Waals surface area contributed by atoms with Gasteiger partial charge in [0, 0.05) is 5.75 Å². The van der Waals surface area contributed by atoms with E-state index in [0.717, 1.165) is 11.5 Å². The third-order valence-corrected chi connectivity index (χ3v) is 4.76. The molecule has 126 valence electrons. The zero-order chi connectivity index (χ0) is 16.8. The van der Waals surface area contributed by atoms with Gasteiger partial charge in [0.25, 0.3) is 4.84 Å². The molecule has 23 heavy (non-hydrogen) atoms. The van der Waals surface area contributed by atoms with Gasteiger partial charge in [0.1, 0.15) is 11.9 Å². The molecule has 0 saturated heterocycles. The van der Waals surface area contributed by atoms with E-state index in [2.05, 4.69) is 62.2 Å². The molecule has 0 spiro atoms. The topological polar surface area (TPSA) is 51.0 Å². The Balaban J connectivity index is 1.89. The van der Waals surface area contributed by atoms with E-state index >= 15 is 0 Å². The van der Waals surface area contributed by atoms with E-state index in [1.54, 1.807) is 11.8 Å². The lowest BCUT2D eigenvalue weighted by molar-refractivity contribution is 0.175. The number of aromatic nitrogens is 2. The molecule has 0 bridgehead atoms. The number of nitrogens with zero attached hydrogens (tertiary/aromatic N) is 1. The zero-order valence-corrected chi connectivity index (χ0v) is 15.7. The molecule has 6 heteroatoms. The van der Waals surface area contributed by atoms with Crippen molar-refractivity contribution in [2.75, 3.05) is 5.75 Å². The molecule has 0 aliphatic heterocycles. The lowest BCUT2D eigenvalue weighted by atomic mass is 10.0. The van der Waals surface area contributed by atoms with Crippen LogP contribution in [0.2, 0.25) is 0 Å². The Morgan fingerprint density at radius 2 is 1.91 bits per heavy atom. The molecule has 0 aliphatic rings. The Labute approximate surface area is 147 Å². The fraction of sp³-hybridized carbons (Fsp3) is 0.529. The van der Waals surface area contributed by atoms with Crippen LogP contribution in [0.5, 0.6) is 5.75 Å². The molecule has 4 nitrogen and oxygen atoms in total. The molecule has 1 N–H and O–H groups in total. The molecule has 0 aliphatic carbocycles. The standard InChI is InChI=1S/C17H24N2O2S2/c1-11(2)13-5-7-14(8-6-13)20-15(12(3)4)9-23-10-16-18-19-17(22)21-16/h5-8,11-12,15H,9-10H2,1-4H3,(H,19,22). The van der Waals surface area contributed by atoms with Gasteiger partial charge in [-0.15, -0.1) is 16.9 Å². The summed E-state index contributed by atoms with van der Waals surface area (Å²) < 4.78 is 11.4. The first-order valence-electron chi connectivity index (χ1n) is 7.84. The highest BCUT2D eigenvalue weighted by Gasteiger charge is 2.16. The molecule has 1 heterocycles. The third kappa shape index (κ3) is 5.70. The average Bonchev–Trinajstić information content (AvgIpc) is 2.92. The number of H-pyrrole nitrogens is 1. The van der Waals surface area contributed by atoms with Gasteiger partial charge >= 0.3 is 0 Å². The van der Waals surface area contributed by atoms with Gasteiger partial charge in [-0.25, -0.2) is 5.10 Å². The van der Waals surface area contributed by atoms with Crippen LogP contribution >= 0.6 is 24.0 Å². The number of nitrogens with one attached hydrogen (secondary N) is 1. The second-order valence-corrected chi connectivity index (χ2v) is 7.55. The number of rotatable bonds is 8. The highest BCUT2D eigenvalue weighted by Crippen LogP contribution is 2.23. The second kappa shape index (κ2) is 8.55. The van der Waals surface area contributed by atoms with E-state index in [4.69, 9.17) is 21.4 Å². The largest absolute Gasteiger partial charge is 0.489 e. The van der Waals surface area contributed by atoms with Crippen LogP contribution in [-0.2, 0) is 5.75 Å². The molecule has 0 fully saturated rings. The van der Waals surface area contributed by atoms with Crippen molar-refractivity contribution in [3.05, 3.63) is 40.6 Å². The Morgan fingerprint density at radius 3 is 2.43 bits per heavy atom. The maximum Gasteiger partial charge on any atom is 0.284 e. The number of thioether (sulfide) groups is 1. The molecule has 0 saturated carbocycles. The number of hydrogen-bond donors (Lipinski definition) is 1. The summed E-state index contributed by atoms with van der Waals surface area (Å²) in [5, 5.41) is 6.65. The summed E-state index contributed by atoms with van der Waals surface area (Å²) in [5.74, 6) is 4.07. The van der Waals surface area contributed by atoms with Gasteiger partial charge in [-0.3, -0.25) is 0 Å². The van der Waals surface area contributed by atoms with Crippen LogP contribution in [0, 0.1) is 10.8 Å². The van der Waals surface area contributed by atoms with Gasteiger partial charge < -0.3 is 9.15 Å². The molecule has 2 aromatic rings. The predicted octanol–water partition coefficient (Wildman–Crippen LogP) is 5.19. The van der Waals surface area contributed by atoms with Crippen molar-refractivity contribution >= 4 is 24.0 Å². The fourth-order valence-electron chi connectivity index (χ4n) is 2.05. The minimum atomic E-state index is 0.145. The first kappa shape index (κ1) is 18.1. The van der Waals surface area contributed by atoms with Gasteiger partial charge in [-0.05, 0) is 41.7 Å². The van der Waals surface area contributed by atoms with Crippen molar-refractivity contribution < 1.29 is 9.15 Å². The Kier molecular flexibility index (Phi) is 6.72.